The van der Waals surface area contributed by atoms with Gasteiger partial charge in [0, 0.05) is 13.6 Å². The van der Waals surface area contributed by atoms with Crippen LogP contribution in [-0.2, 0) is 13.0 Å². The Morgan fingerprint density at radius 2 is 1.80 bits per heavy atom. The van der Waals surface area contributed by atoms with Crippen LogP contribution < -0.4 is 4.90 Å². The molecule has 0 atom stereocenters. The predicted octanol–water partition coefficient (Wildman–Crippen LogP) is 1.72. The van der Waals surface area contributed by atoms with E-state index in [9.17, 15) is 0 Å². The van der Waals surface area contributed by atoms with Crippen molar-refractivity contribution < 1.29 is 0 Å². The fraction of sp³-hybridized carbons (Fsp3) is 0.286. The number of fused-ring (bicyclic) bond motifs is 1. The van der Waals surface area contributed by atoms with Crippen molar-refractivity contribution in [1.82, 2.24) is 25.3 Å². The van der Waals surface area contributed by atoms with Crippen LogP contribution in [0.15, 0.2) is 36.4 Å². The fourth-order valence-electron chi connectivity index (χ4n) is 2.08. The van der Waals surface area contributed by atoms with E-state index in [1.165, 1.54) is 15.8 Å². The lowest BCUT2D eigenvalue weighted by Gasteiger charge is -2.17. The molecule has 0 saturated heterocycles. The van der Waals surface area contributed by atoms with Gasteiger partial charge in [-0.2, -0.15) is 0 Å². The fourth-order valence-corrected chi connectivity index (χ4v) is 2.08. The Kier molecular flexibility index (Phi) is 3.28. The van der Waals surface area contributed by atoms with Gasteiger partial charge in [-0.1, -0.05) is 31.2 Å². The van der Waals surface area contributed by atoms with E-state index in [2.05, 4.69) is 56.7 Å². The number of aromatic nitrogens is 5. The molecule has 3 aromatic rings. The van der Waals surface area contributed by atoms with E-state index in [0.717, 1.165) is 18.8 Å². The summed E-state index contributed by atoms with van der Waals surface area (Å²) < 4.78 is 1.44. The van der Waals surface area contributed by atoms with Crippen molar-refractivity contribution in [3.05, 3.63) is 47.5 Å². The molecule has 0 bridgehead atoms. The third kappa shape index (κ3) is 2.45. The summed E-state index contributed by atoms with van der Waals surface area (Å²) in [6, 6.07) is 12.4. The summed E-state index contributed by atoms with van der Waals surface area (Å²) in [5, 5.41) is 15.6. The molecule has 0 unspecified atom stereocenters. The van der Waals surface area contributed by atoms with Crippen molar-refractivity contribution in [1.29, 1.82) is 0 Å². The standard InChI is InChI=1S/C14H16N6/c1-3-11-4-6-12(7-5-11)10-19(2)14-9-8-13-15-17-18-20(13)16-14/h4-9H,3,10H2,1-2H3. The monoisotopic (exact) mass is 268 g/mol. The zero-order valence-corrected chi connectivity index (χ0v) is 11.6. The quantitative estimate of drug-likeness (QED) is 0.721. The normalized spacial score (nSPS) is 10.9. The molecule has 0 saturated carbocycles. The van der Waals surface area contributed by atoms with E-state index in [4.69, 9.17) is 0 Å². The maximum absolute atomic E-state index is 4.37. The molecular formula is C14H16N6. The SMILES string of the molecule is CCc1ccc(CN(C)c2ccc3nnnn3n2)cc1. The number of rotatable bonds is 4. The Morgan fingerprint density at radius 3 is 2.55 bits per heavy atom. The van der Waals surface area contributed by atoms with Crippen molar-refractivity contribution in [2.75, 3.05) is 11.9 Å². The molecule has 0 fully saturated rings. The van der Waals surface area contributed by atoms with Gasteiger partial charge in [0.1, 0.15) is 0 Å². The van der Waals surface area contributed by atoms with Gasteiger partial charge >= 0.3 is 0 Å². The molecule has 2 aromatic heterocycles. The Morgan fingerprint density at radius 1 is 1.05 bits per heavy atom. The van der Waals surface area contributed by atoms with E-state index in [1.54, 1.807) is 0 Å². The third-order valence-electron chi connectivity index (χ3n) is 3.30. The highest BCUT2D eigenvalue weighted by Crippen LogP contribution is 2.13. The molecule has 6 nitrogen and oxygen atoms in total. The smallest absolute Gasteiger partial charge is 0.200 e. The Hall–Kier alpha value is -2.50. The highest BCUT2D eigenvalue weighted by Gasteiger charge is 2.06. The number of tetrazole rings is 1. The van der Waals surface area contributed by atoms with Crippen molar-refractivity contribution >= 4 is 11.5 Å². The summed E-state index contributed by atoms with van der Waals surface area (Å²) in [4.78, 5) is 2.07. The maximum atomic E-state index is 4.37. The number of aryl methyl sites for hydroxylation is 1. The third-order valence-corrected chi connectivity index (χ3v) is 3.30. The highest BCUT2D eigenvalue weighted by atomic mass is 15.6. The molecule has 0 aliphatic rings. The lowest BCUT2D eigenvalue weighted by molar-refractivity contribution is 0.720. The Labute approximate surface area is 117 Å². The minimum absolute atomic E-state index is 0.648. The van der Waals surface area contributed by atoms with Crippen LogP contribution >= 0.6 is 0 Å². The van der Waals surface area contributed by atoms with Gasteiger partial charge in [0.2, 0.25) is 0 Å². The molecule has 3 rings (SSSR count). The van der Waals surface area contributed by atoms with E-state index in [-0.39, 0.29) is 0 Å². The number of hydrogen-bond acceptors (Lipinski definition) is 5. The van der Waals surface area contributed by atoms with Crippen molar-refractivity contribution in [3.63, 3.8) is 0 Å². The molecule has 1 aromatic carbocycles. The molecule has 2 heterocycles. The minimum Gasteiger partial charge on any atom is -0.354 e. The minimum atomic E-state index is 0.648. The molecule has 6 heteroatoms. The highest BCUT2D eigenvalue weighted by molar-refractivity contribution is 5.44. The number of anilines is 1. The predicted molar refractivity (Wildman–Crippen MR) is 76.5 cm³/mol. The number of nitrogens with zero attached hydrogens (tertiary/aromatic N) is 6. The van der Waals surface area contributed by atoms with Gasteiger partial charge in [-0.25, -0.2) is 0 Å². The van der Waals surface area contributed by atoms with Crippen LogP contribution in [0.4, 0.5) is 5.82 Å². The van der Waals surface area contributed by atoms with E-state index < -0.39 is 0 Å². The van der Waals surface area contributed by atoms with Crippen molar-refractivity contribution in [2.45, 2.75) is 19.9 Å². The summed E-state index contributed by atoms with van der Waals surface area (Å²) in [5.41, 5.74) is 3.25. The summed E-state index contributed by atoms with van der Waals surface area (Å²) >= 11 is 0. The van der Waals surface area contributed by atoms with Gasteiger partial charge in [-0.15, -0.1) is 14.8 Å². The molecule has 0 amide bonds. The zero-order valence-electron chi connectivity index (χ0n) is 11.6. The first kappa shape index (κ1) is 12.5. The number of hydrogen-bond donors (Lipinski definition) is 0. The second kappa shape index (κ2) is 5.24. The molecule has 0 aliphatic carbocycles. The van der Waals surface area contributed by atoms with E-state index >= 15 is 0 Å². The first-order chi connectivity index (χ1) is 9.76. The second-order valence-electron chi connectivity index (χ2n) is 4.74. The van der Waals surface area contributed by atoms with Crippen molar-refractivity contribution in [3.8, 4) is 0 Å². The first-order valence-corrected chi connectivity index (χ1v) is 6.60. The van der Waals surface area contributed by atoms with Crippen LogP contribution in [0.25, 0.3) is 5.65 Å². The summed E-state index contributed by atoms with van der Waals surface area (Å²) in [5.74, 6) is 0.837. The Bertz CT molecular complexity index is 703. The van der Waals surface area contributed by atoms with Crippen LogP contribution in [0.3, 0.4) is 0 Å². The average molecular weight is 268 g/mol. The van der Waals surface area contributed by atoms with Crippen LogP contribution in [0, 0.1) is 0 Å². The summed E-state index contributed by atoms with van der Waals surface area (Å²) in [7, 11) is 2.01. The van der Waals surface area contributed by atoms with Crippen molar-refractivity contribution in [2.24, 2.45) is 0 Å². The van der Waals surface area contributed by atoms with E-state index in [0.29, 0.717) is 5.65 Å². The van der Waals surface area contributed by atoms with Gasteiger partial charge in [-0.3, -0.25) is 0 Å². The van der Waals surface area contributed by atoms with Gasteiger partial charge in [0.25, 0.3) is 0 Å². The Balaban J connectivity index is 1.78. The lowest BCUT2D eigenvalue weighted by Crippen LogP contribution is -2.18. The summed E-state index contributed by atoms with van der Waals surface area (Å²) in [6.07, 6.45) is 1.06. The average Bonchev–Trinajstić information content (AvgIpc) is 2.95. The lowest BCUT2D eigenvalue weighted by atomic mass is 10.1. The van der Waals surface area contributed by atoms with Gasteiger partial charge in [0.15, 0.2) is 11.5 Å². The molecule has 0 aliphatic heterocycles. The maximum Gasteiger partial charge on any atom is 0.200 e. The molecule has 102 valence electrons. The van der Waals surface area contributed by atoms with Gasteiger partial charge in [0.05, 0.1) is 0 Å². The van der Waals surface area contributed by atoms with Crippen LogP contribution in [0.2, 0.25) is 0 Å². The zero-order chi connectivity index (χ0) is 13.9. The van der Waals surface area contributed by atoms with Crippen LogP contribution in [-0.4, -0.2) is 32.3 Å². The summed E-state index contributed by atoms with van der Waals surface area (Å²) in [6.45, 7) is 2.96. The molecule has 20 heavy (non-hydrogen) atoms. The van der Waals surface area contributed by atoms with Crippen LogP contribution in [0.1, 0.15) is 18.1 Å². The molecular weight excluding hydrogens is 252 g/mol. The first-order valence-electron chi connectivity index (χ1n) is 6.60. The molecule has 0 radical (unpaired) electrons. The molecule has 0 spiro atoms. The topological polar surface area (TPSA) is 59.2 Å². The largest absolute Gasteiger partial charge is 0.354 e. The van der Waals surface area contributed by atoms with Gasteiger partial charge in [-0.05, 0) is 40.1 Å². The van der Waals surface area contributed by atoms with Crippen LogP contribution in [0.5, 0.6) is 0 Å². The number of benzene rings is 1. The second-order valence-corrected chi connectivity index (χ2v) is 4.74. The molecule has 0 N–H and O–H groups in total. The van der Waals surface area contributed by atoms with Gasteiger partial charge < -0.3 is 4.90 Å². The van der Waals surface area contributed by atoms with E-state index in [1.807, 2.05) is 19.2 Å².